The number of likely N-dealkylation sites (tertiary alicyclic amines) is 1. The third-order valence-electron chi connectivity index (χ3n) is 5.04. The number of benzene rings is 1. The predicted molar refractivity (Wildman–Crippen MR) is 98.6 cm³/mol. The standard InChI is InChI=1S/C20H28N2O4/c1-14(2)18(15-7-5-4-6-8-15)19(24)21(3)13-17(23)22-11-9-16(10-12-22)20(25)26/h4-8,14,16,18H,9-13H2,1-3H3,(H,25,26). The molecule has 1 atom stereocenters. The van der Waals surface area contributed by atoms with E-state index in [4.69, 9.17) is 5.11 Å². The number of hydrogen-bond donors (Lipinski definition) is 1. The van der Waals surface area contributed by atoms with E-state index in [0.29, 0.717) is 25.9 Å². The molecule has 0 bridgehead atoms. The first kappa shape index (κ1) is 19.9. The first-order chi connectivity index (χ1) is 12.3. The van der Waals surface area contributed by atoms with Gasteiger partial charge < -0.3 is 14.9 Å². The summed E-state index contributed by atoms with van der Waals surface area (Å²) in [7, 11) is 1.66. The molecule has 1 saturated heterocycles. The highest BCUT2D eigenvalue weighted by molar-refractivity contribution is 5.88. The second kappa shape index (κ2) is 8.83. The fraction of sp³-hybridized carbons (Fsp3) is 0.550. The molecule has 1 aliphatic heterocycles. The molecule has 0 spiro atoms. The lowest BCUT2D eigenvalue weighted by atomic mass is 9.87. The van der Waals surface area contributed by atoms with E-state index < -0.39 is 5.97 Å². The molecule has 2 rings (SSSR count). The number of carbonyl (C=O) groups is 3. The number of likely N-dealkylation sites (N-methyl/N-ethyl adjacent to an activating group) is 1. The monoisotopic (exact) mass is 360 g/mol. The summed E-state index contributed by atoms with van der Waals surface area (Å²) in [5.74, 6) is -1.53. The van der Waals surface area contributed by atoms with Crippen LogP contribution in [-0.4, -0.2) is 59.4 Å². The van der Waals surface area contributed by atoms with Gasteiger partial charge in [-0.2, -0.15) is 0 Å². The summed E-state index contributed by atoms with van der Waals surface area (Å²) in [4.78, 5) is 39.6. The normalized spacial score (nSPS) is 16.4. The minimum absolute atomic E-state index is 0.0205. The number of amides is 2. The highest BCUT2D eigenvalue weighted by Crippen LogP contribution is 2.26. The SMILES string of the molecule is CC(C)C(C(=O)N(C)CC(=O)N1CCC(C(=O)O)CC1)c1ccccc1. The molecule has 1 unspecified atom stereocenters. The van der Waals surface area contributed by atoms with Crippen LogP contribution in [0.3, 0.4) is 0 Å². The molecule has 1 fully saturated rings. The van der Waals surface area contributed by atoms with Crippen molar-refractivity contribution in [2.45, 2.75) is 32.6 Å². The van der Waals surface area contributed by atoms with Crippen LogP contribution in [-0.2, 0) is 14.4 Å². The molecule has 0 aliphatic carbocycles. The number of carboxylic acid groups (broad SMARTS) is 1. The van der Waals surface area contributed by atoms with Crippen LogP contribution in [0.25, 0.3) is 0 Å². The average molecular weight is 360 g/mol. The van der Waals surface area contributed by atoms with E-state index in [2.05, 4.69) is 0 Å². The summed E-state index contributed by atoms with van der Waals surface area (Å²) in [6.07, 6.45) is 0.939. The second-order valence-corrected chi connectivity index (χ2v) is 7.32. The Balaban J connectivity index is 1.97. The van der Waals surface area contributed by atoms with Crippen LogP contribution in [0.15, 0.2) is 30.3 Å². The van der Waals surface area contributed by atoms with E-state index in [1.54, 1.807) is 11.9 Å². The van der Waals surface area contributed by atoms with Crippen molar-refractivity contribution in [2.75, 3.05) is 26.7 Å². The zero-order chi connectivity index (χ0) is 19.3. The third kappa shape index (κ3) is 4.84. The molecule has 1 aliphatic rings. The van der Waals surface area contributed by atoms with Crippen molar-refractivity contribution in [3.63, 3.8) is 0 Å². The summed E-state index contributed by atoms with van der Waals surface area (Å²) in [6, 6.07) is 9.62. The van der Waals surface area contributed by atoms with Gasteiger partial charge in [0.25, 0.3) is 0 Å². The van der Waals surface area contributed by atoms with Crippen LogP contribution in [0.1, 0.15) is 38.2 Å². The van der Waals surface area contributed by atoms with Crippen molar-refractivity contribution in [3.05, 3.63) is 35.9 Å². The van der Waals surface area contributed by atoms with Gasteiger partial charge in [-0.25, -0.2) is 0 Å². The molecule has 1 aromatic rings. The van der Waals surface area contributed by atoms with Gasteiger partial charge in [-0.3, -0.25) is 14.4 Å². The Hall–Kier alpha value is -2.37. The lowest BCUT2D eigenvalue weighted by molar-refractivity contribution is -0.146. The molecule has 26 heavy (non-hydrogen) atoms. The van der Waals surface area contributed by atoms with Crippen LogP contribution in [0.5, 0.6) is 0 Å². The van der Waals surface area contributed by atoms with Crippen molar-refractivity contribution in [3.8, 4) is 0 Å². The summed E-state index contributed by atoms with van der Waals surface area (Å²) < 4.78 is 0. The van der Waals surface area contributed by atoms with Gasteiger partial charge in [0.1, 0.15) is 0 Å². The van der Waals surface area contributed by atoms with Gasteiger partial charge in [-0.1, -0.05) is 44.2 Å². The average Bonchev–Trinajstić information content (AvgIpc) is 2.62. The Morgan fingerprint density at radius 1 is 1.15 bits per heavy atom. The zero-order valence-electron chi connectivity index (χ0n) is 15.7. The number of hydrogen-bond acceptors (Lipinski definition) is 3. The molecule has 1 heterocycles. The quantitative estimate of drug-likeness (QED) is 0.844. The molecule has 0 radical (unpaired) electrons. The molecule has 6 heteroatoms. The summed E-state index contributed by atoms with van der Waals surface area (Å²) >= 11 is 0. The van der Waals surface area contributed by atoms with Gasteiger partial charge in [0.15, 0.2) is 0 Å². The lowest BCUT2D eigenvalue weighted by Gasteiger charge is -2.32. The Bertz CT molecular complexity index is 636. The fourth-order valence-corrected chi connectivity index (χ4v) is 3.47. The van der Waals surface area contributed by atoms with Crippen LogP contribution < -0.4 is 0 Å². The minimum Gasteiger partial charge on any atom is -0.481 e. The molecule has 0 saturated carbocycles. The van der Waals surface area contributed by atoms with Gasteiger partial charge >= 0.3 is 5.97 Å². The van der Waals surface area contributed by atoms with Gasteiger partial charge in [-0.05, 0) is 24.3 Å². The lowest BCUT2D eigenvalue weighted by Crippen LogP contribution is -2.46. The maximum Gasteiger partial charge on any atom is 0.306 e. The molecule has 1 N–H and O–H groups in total. The van der Waals surface area contributed by atoms with Crippen molar-refractivity contribution in [2.24, 2.45) is 11.8 Å². The zero-order valence-corrected chi connectivity index (χ0v) is 15.7. The topological polar surface area (TPSA) is 77.9 Å². The largest absolute Gasteiger partial charge is 0.481 e. The predicted octanol–water partition coefficient (Wildman–Crippen LogP) is 2.21. The van der Waals surface area contributed by atoms with E-state index in [1.807, 2.05) is 44.2 Å². The number of nitrogens with zero attached hydrogens (tertiary/aromatic N) is 2. The molecule has 0 aromatic heterocycles. The van der Waals surface area contributed by atoms with Gasteiger partial charge in [0, 0.05) is 20.1 Å². The number of carbonyl (C=O) groups excluding carboxylic acids is 2. The molecule has 2 amide bonds. The van der Waals surface area contributed by atoms with E-state index in [-0.39, 0.29) is 36.1 Å². The van der Waals surface area contributed by atoms with Gasteiger partial charge in [-0.15, -0.1) is 0 Å². The van der Waals surface area contributed by atoms with E-state index in [9.17, 15) is 14.4 Å². The molecular weight excluding hydrogens is 332 g/mol. The van der Waals surface area contributed by atoms with Crippen molar-refractivity contribution in [1.82, 2.24) is 9.80 Å². The summed E-state index contributed by atoms with van der Waals surface area (Å²) in [6.45, 7) is 4.89. The third-order valence-corrected chi connectivity index (χ3v) is 5.04. The Morgan fingerprint density at radius 2 is 1.73 bits per heavy atom. The maximum atomic E-state index is 12.9. The number of aliphatic carboxylic acids is 1. The Labute approximate surface area is 154 Å². The molecule has 6 nitrogen and oxygen atoms in total. The van der Waals surface area contributed by atoms with E-state index >= 15 is 0 Å². The maximum absolute atomic E-state index is 12.9. The number of carboxylic acids is 1. The first-order valence-electron chi connectivity index (χ1n) is 9.11. The highest BCUT2D eigenvalue weighted by Gasteiger charge is 2.30. The van der Waals surface area contributed by atoms with Gasteiger partial charge in [0.05, 0.1) is 18.4 Å². The van der Waals surface area contributed by atoms with Crippen LogP contribution >= 0.6 is 0 Å². The van der Waals surface area contributed by atoms with E-state index in [0.717, 1.165) is 5.56 Å². The second-order valence-electron chi connectivity index (χ2n) is 7.32. The number of piperidine rings is 1. The van der Waals surface area contributed by atoms with Crippen molar-refractivity contribution < 1.29 is 19.5 Å². The number of rotatable bonds is 6. The van der Waals surface area contributed by atoms with Gasteiger partial charge in [0.2, 0.25) is 11.8 Å². The Morgan fingerprint density at radius 3 is 2.23 bits per heavy atom. The molecule has 142 valence electrons. The first-order valence-corrected chi connectivity index (χ1v) is 9.11. The Kier molecular flexibility index (Phi) is 6.77. The summed E-state index contributed by atoms with van der Waals surface area (Å²) in [5, 5.41) is 9.05. The highest BCUT2D eigenvalue weighted by atomic mass is 16.4. The summed E-state index contributed by atoms with van der Waals surface area (Å²) in [5.41, 5.74) is 0.953. The molecular formula is C20H28N2O4. The van der Waals surface area contributed by atoms with Crippen molar-refractivity contribution >= 4 is 17.8 Å². The minimum atomic E-state index is -0.799. The van der Waals surface area contributed by atoms with E-state index in [1.165, 1.54) is 4.90 Å². The van der Waals surface area contributed by atoms with Crippen LogP contribution in [0, 0.1) is 11.8 Å². The smallest absolute Gasteiger partial charge is 0.306 e. The van der Waals surface area contributed by atoms with Crippen LogP contribution in [0.4, 0.5) is 0 Å². The molecule has 1 aromatic carbocycles. The van der Waals surface area contributed by atoms with Crippen LogP contribution in [0.2, 0.25) is 0 Å². The fourth-order valence-electron chi connectivity index (χ4n) is 3.47. The van der Waals surface area contributed by atoms with Crippen molar-refractivity contribution in [1.29, 1.82) is 0 Å².